The molecular weight excluding hydrogens is 458 g/mol. The fourth-order valence-corrected chi connectivity index (χ4v) is 4.63. The second kappa shape index (κ2) is 11.2. The minimum atomic E-state index is -0.578. The van der Waals surface area contributed by atoms with Crippen molar-refractivity contribution in [2.75, 3.05) is 7.05 Å². The minimum Gasteiger partial charge on any atom is -0.451 e. The highest BCUT2D eigenvalue weighted by Crippen LogP contribution is 2.28. The standard InChI is InChI=1S/C27H33N5O4/c1-17-14-21(31-32(17)3)25(33)29-16-18-8-7-11-20(15-18)22-12-13-23(36-22)26(34)30-24(27(35)28-2)19-9-5-4-6-10-19/h7-8,11-15,19,24H,4-6,9-10,16H2,1-3H3,(H,28,35)(H,29,33)(H,30,34)/t24-/m1/s1. The molecule has 9 heteroatoms. The Balaban J connectivity index is 1.41. The van der Waals surface area contributed by atoms with Gasteiger partial charge in [-0.3, -0.25) is 19.1 Å². The van der Waals surface area contributed by atoms with Gasteiger partial charge in [0.2, 0.25) is 5.91 Å². The maximum atomic E-state index is 12.9. The molecular formula is C27H33N5O4. The molecule has 1 aliphatic carbocycles. The van der Waals surface area contributed by atoms with Crippen LogP contribution in [-0.4, -0.2) is 40.6 Å². The van der Waals surface area contributed by atoms with Gasteiger partial charge in [-0.15, -0.1) is 0 Å². The number of nitrogens with zero attached hydrogens (tertiary/aromatic N) is 2. The lowest BCUT2D eigenvalue weighted by atomic mass is 9.83. The van der Waals surface area contributed by atoms with Crippen molar-refractivity contribution < 1.29 is 18.8 Å². The summed E-state index contributed by atoms with van der Waals surface area (Å²) in [5.74, 6) is -0.0300. The number of hydrogen-bond acceptors (Lipinski definition) is 5. The maximum Gasteiger partial charge on any atom is 0.287 e. The van der Waals surface area contributed by atoms with E-state index in [0.29, 0.717) is 18.0 Å². The lowest BCUT2D eigenvalue weighted by Gasteiger charge is -2.29. The van der Waals surface area contributed by atoms with Crippen molar-refractivity contribution in [2.45, 2.75) is 51.6 Å². The predicted octanol–water partition coefficient (Wildman–Crippen LogP) is 3.34. The van der Waals surface area contributed by atoms with Crippen LogP contribution in [0.15, 0.2) is 46.9 Å². The lowest BCUT2D eigenvalue weighted by Crippen LogP contribution is -2.50. The first-order valence-electron chi connectivity index (χ1n) is 12.4. The Bertz CT molecular complexity index is 1220. The van der Waals surface area contributed by atoms with Gasteiger partial charge in [0.1, 0.15) is 17.5 Å². The van der Waals surface area contributed by atoms with Crippen molar-refractivity contribution in [2.24, 2.45) is 13.0 Å². The molecule has 3 N–H and O–H groups in total. The summed E-state index contributed by atoms with van der Waals surface area (Å²) in [5.41, 5.74) is 2.94. The first-order chi connectivity index (χ1) is 17.4. The fraction of sp³-hybridized carbons (Fsp3) is 0.407. The molecule has 190 valence electrons. The van der Waals surface area contributed by atoms with Crippen LogP contribution in [0.5, 0.6) is 0 Å². The van der Waals surface area contributed by atoms with Crippen LogP contribution in [0.3, 0.4) is 0 Å². The number of rotatable bonds is 8. The molecule has 1 fully saturated rings. The topological polar surface area (TPSA) is 118 Å². The Morgan fingerprint density at radius 3 is 2.56 bits per heavy atom. The number of carbonyl (C=O) groups is 3. The van der Waals surface area contributed by atoms with Crippen molar-refractivity contribution in [3.63, 3.8) is 0 Å². The molecule has 3 aromatic rings. The number of nitrogens with one attached hydrogen (secondary N) is 3. The van der Waals surface area contributed by atoms with Crippen LogP contribution in [0, 0.1) is 12.8 Å². The second-order valence-electron chi connectivity index (χ2n) is 9.30. The monoisotopic (exact) mass is 491 g/mol. The first kappa shape index (κ1) is 25.2. The van der Waals surface area contributed by atoms with Crippen molar-refractivity contribution in [1.82, 2.24) is 25.7 Å². The Kier molecular flexibility index (Phi) is 7.87. The molecule has 1 saturated carbocycles. The highest BCUT2D eigenvalue weighted by molar-refractivity contribution is 5.96. The summed E-state index contributed by atoms with van der Waals surface area (Å²) < 4.78 is 7.51. The van der Waals surface area contributed by atoms with Gasteiger partial charge in [-0.2, -0.15) is 5.10 Å². The molecule has 0 unspecified atom stereocenters. The van der Waals surface area contributed by atoms with Crippen LogP contribution in [-0.2, 0) is 18.4 Å². The third kappa shape index (κ3) is 5.84. The fourth-order valence-electron chi connectivity index (χ4n) is 4.63. The average Bonchev–Trinajstić information content (AvgIpc) is 3.53. The molecule has 4 rings (SSSR count). The van der Waals surface area contributed by atoms with E-state index >= 15 is 0 Å². The smallest absolute Gasteiger partial charge is 0.287 e. The van der Waals surface area contributed by atoms with E-state index < -0.39 is 11.9 Å². The number of hydrogen-bond donors (Lipinski definition) is 3. The first-order valence-corrected chi connectivity index (χ1v) is 12.4. The second-order valence-corrected chi connectivity index (χ2v) is 9.30. The van der Waals surface area contributed by atoms with Crippen LogP contribution in [0.4, 0.5) is 0 Å². The van der Waals surface area contributed by atoms with E-state index in [4.69, 9.17) is 4.42 Å². The largest absolute Gasteiger partial charge is 0.451 e. The van der Waals surface area contributed by atoms with Crippen molar-refractivity contribution in [3.05, 3.63) is 65.2 Å². The van der Waals surface area contributed by atoms with E-state index in [0.717, 1.165) is 48.9 Å². The third-order valence-electron chi connectivity index (χ3n) is 6.78. The van der Waals surface area contributed by atoms with Gasteiger partial charge in [-0.25, -0.2) is 0 Å². The van der Waals surface area contributed by atoms with Crippen LogP contribution in [0.1, 0.15) is 64.4 Å². The normalized spacial score (nSPS) is 14.8. The van der Waals surface area contributed by atoms with E-state index in [-0.39, 0.29) is 23.5 Å². The van der Waals surface area contributed by atoms with Gasteiger partial charge in [0.15, 0.2) is 5.76 Å². The van der Waals surface area contributed by atoms with Crippen LogP contribution >= 0.6 is 0 Å². The van der Waals surface area contributed by atoms with Gasteiger partial charge < -0.3 is 20.4 Å². The zero-order chi connectivity index (χ0) is 25.7. The Labute approximate surface area is 210 Å². The summed E-state index contributed by atoms with van der Waals surface area (Å²) in [6.07, 6.45) is 5.14. The van der Waals surface area contributed by atoms with Gasteiger partial charge in [-0.05, 0) is 55.5 Å². The Morgan fingerprint density at radius 1 is 1.08 bits per heavy atom. The maximum absolute atomic E-state index is 12.9. The van der Waals surface area contributed by atoms with Gasteiger partial charge in [0.05, 0.1) is 0 Å². The van der Waals surface area contributed by atoms with Crippen molar-refractivity contribution in [3.8, 4) is 11.3 Å². The van der Waals surface area contributed by atoms with Gasteiger partial charge in [-0.1, -0.05) is 37.5 Å². The molecule has 3 amide bonds. The van der Waals surface area contributed by atoms with Gasteiger partial charge in [0, 0.05) is 31.9 Å². The lowest BCUT2D eigenvalue weighted by molar-refractivity contribution is -0.124. The zero-order valence-electron chi connectivity index (χ0n) is 21.0. The molecule has 0 bridgehead atoms. The Morgan fingerprint density at radius 2 is 1.86 bits per heavy atom. The highest BCUT2D eigenvalue weighted by atomic mass is 16.4. The molecule has 1 atom stereocenters. The van der Waals surface area contributed by atoms with Crippen molar-refractivity contribution >= 4 is 17.7 Å². The van der Waals surface area contributed by atoms with Gasteiger partial charge >= 0.3 is 0 Å². The van der Waals surface area contributed by atoms with Crippen LogP contribution in [0.2, 0.25) is 0 Å². The molecule has 2 heterocycles. The number of aromatic nitrogens is 2. The molecule has 2 aromatic heterocycles. The number of amides is 3. The minimum absolute atomic E-state index is 0.124. The number of furan rings is 1. The summed E-state index contributed by atoms with van der Waals surface area (Å²) in [6, 6.07) is 12.1. The van der Waals surface area contributed by atoms with E-state index in [1.807, 2.05) is 31.2 Å². The average molecular weight is 492 g/mol. The number of aryl methyl sites for hydroxylation is 2. The van der Waals surface area contributed by atoms with Gasteiger partial charge in [0.25, 0.3) is 11.8 Å². The Hall–Kier alpha value is -3.88. The predicted molar refractivity (Wildman–Crippen MR) is 135 cm³/mol. The zero-order valence-corrected chi connectivity index (χ0v) is 21.0. The van der Waals surface area contributed by atoms with Crippen LogP contribution in [0.25, 0.3) is 11.3 Å². The number of benzene rings is 1. The highest BCUT2D eigenvalue weighted by Gasteiger charge is 2.31. The molecule has 0 saturated heterocycles. The molecule has 1 aliphatic rings. The summed E-state index contributed by atoms with van der Waals surface area (Å²) in [6.45, 7) is 2.21. The molecule has 9 nitrogen and oxygen atoms in total. The number of carbonyl (C=O) groups excluding carboxylic acids is 3. The van der Waals surface area contributed by atoms with Crippen LogP contribution < -0.4 is 16.0 Å². The molecule has 0 aliphatic heterocycles. The number of likely N-dealkylation sites (N-methyl/N-ethyl adjacent to an activating group) is 1. The quantitative estimate of drug-likeness (QED) is 0.447. The van der Waals surface area contributed by atoms with E-state index in [1.165, 1.54) is 0 Å². The summed E-state index contributed by atoms with van der Waals surface area (Å²) in [7, 11) is 3.38. The molecule has 0 spiro atoms. The third-order valence-corrected chi connectivity index (χ3v) is 6.78. The summed E-state index contributed by atoms with van der Waals surface area (Å²) in [4.78, 5) is 37.8. The molecule has 1 aromatic carbocycles. The van der Waals surface area contributed by atoms with Crippen molar-refractivity contribution in [1.29, 1.82) is 0 Å². The SMILES string of the molecule is CNC(=O)[C@H](NC(=O)c1ccc(-c2cccc(CNC(=O)c3cc(C)n(C)n3)c2)o1)C1CCCCC1. The summed E-state index contributed by atoms with van der Waals surface area (Å²) in [5, 5.41) is 12.6. The van der Waals surface area contributed by atoms with E-state index in [1.54, 1.807) is 37.0 Å². The van der Waals surface area contributed by atoms with E-state index in [9.17, 15) is 14.4 Å². The molecule has 36 heavy (non-hydrogen) atoms. The summed E-state index contributed by atoms with van der Waals surface area (Å²) >= 11 is 0. The molecule has 0 radical (unpaired) electrons. The van der Waals surface area contributed by atoms with E-state index in [2.05, 4.69) is 21.0 Å².